The van der Waals surface area contributed by atoms with Crippen LogP contribution in [-0.2, 0) is 17.4 Å². The lowest BCUT2D eigenvalue weighted by Gasteiger charge is -2.44. The van der Waals surface area contributed by atoms with Crippen LogP contribution in [0, 0.1) is 5.92 Å². The molecular weight excluding hydrogens is 446 g/mol. The molecule has 1 N–H and O–H groups in total. The number of hydrogen-bond donors (Lipinski definition) is 1. The molecule has 1 spiro atoms. The Labute approximate surface area is 206 Å². The number of imidazole rings is 1. The van der Waals surface area contributed by atoms with E-state index in [2.05, 4.69) is 30.4 Å². The molecule has 1 saturated carbocycles. The second kappa shape index (κ2) is 8.20. The van der Waals surface area contributed by atoms with Crippen LogP contribution in [0.2, 0.25) is 0 Å². The van der Waals surface area contributed by atoms with Crippen LogP contribution in [0.3, 0.4) is 0 Å². The number of nitrogens with zero attached hydrogens (tertiary/aromatic N) is 5. The van der Waals surface area contributed by atoms with Gasteiger partial charge in [-0.15, -0.1) is 0 Å². The minimum Gasteiger partial charge on any atom is -0.478 e. The van der Waals surface area contributed by atoms with Crippen LogP contribution < -0.4 is 4.74 Å². The van der Waals surface area contributed by atoms with Crippen molar-refractivity contribution in [1.82, 2.24) is 24.5 Å². The fourth-order valence-electron chi connectivity index (χ4n) is 6.04. The van der Waals surface area contributed by atoms with Crippen molar-refractivity contribution in [3.63, 3.8) is 0 Å². The second-order valence-electron chi connectivity index (χ2n) is 11.3. The number of aromatic nitrogens is 3. The van der Waals surface area contributed by atoms with Crippen molar-refractivity contribution in [3.8, 4) is 17.1 Å². The highest BCUT2D eigenvalue weighted by Gasteiger charge is 2.49. The van der Waals surface area contributed by atoms with Crippen molar-refractivity contribution in [1.29, 1.82) is 0 Å². The number of ether oxygens (including phenoxy) is 2. The smallest absolute Gasteiger partial charge is 0.409 e. The summed E-state index contributed by atoms with van der Waals surface area (Å²) in [4.78, 5) is 24.2. The predicted octanol–water partition coefficient (Wildman–Crippen LogP) is 4.06. The summed E-state index contributed by atoms with van der Waals surface area (Å²) >= 11 is 0. The molecule has 6 rings (SSSR count). The van der Waals surface area contributed by atoms with Gasteiger partial charge >= 0.3 is 6.09 Å². The van der Waals surface area contributed by atoms with E-state index in [1.165, 1.54) is 5.06 Å². The Bertz CT molecular complexity index is 1130. The summed E-state index contributed by atoms with van der Waals surface area (Å²) in [7, 11) is 2.08. The maximum Gasteiger partial charge on any atom is 0.409 e. The highest BCUT2D eigenvalue weighted by atomic mass is 16.6. The second-order valence-corrected chi connectivity index (χ2v) is 11.3. The van der Waals surface area contributed by atoms with E-state index in [9.17, 15) is 10.0 Å². The quantitative estimate of drug-likeness (QED) is 0.707. The van der Waals surface area contributed by atoms with Gasteiger partial charge < -0.3 is 24.1 Å². The van der Waals surface area contributed by atoms with Gasteiger partial charge in [0.1, 0.15) is 23.0 Å². The molecule has 4 aliphatic rings. The highest BCUT2D eigenvalue weighted by molar-refractivity contribution is 5.70. The van der Waals surface area contributed by atoms with Crippen molar-refractivity contribution in [2.75, 3.05) is 26.2 Å². The van der Waals surface area contributed by atoms with E-state index in [1.807, 2.05) is 17.0 Å². The van der Waals surface area contributed by atoms with E-state index < -0.39 is 5.60 Å². The first-order valence-corrected chi connectivity index (χ1v) is 12.9. The molecule has 5 heterocycles. The molecule has 2 aromatic heterocycles. The molecule has 1 aliphatic carbocycles. The highest BCUT2D eigenvalue weighted by Crippen LogP contribution is 2.50. The SMILES string of the molecule is Cn1c(C2CCN(O)C(C)(C)C2)nc2c1C1(CCN(C(=O)OCC3CC3)CC1)Oc1cccnc1-2. The number of amides is 1. The third-order valence-electron chi connectivity index (χ3n) is 8.33. The topological polar surface area (TPSA) is 93.0 Å². The molecule has 1 amide bonds. The maximum absolute atomic E-state index is 12.6. The molecule has 0 aromatic carbocycles. The molecule has 9 heteroatoms. The fraction of sp³-hybridized carbons (Fsp3) is 0.654. The molecule has 35 heavy (non-hydrogen) atoms. The van der Waals surface area contributed by atoms with Crippen LogP contribution in [0.15, 0.2) is 18.3 Å². The third-order valence-corrected chi connectivity index (χ3v) is 8.33. The van der Waals surface area contributed by atoms with Gasteiger partial charge in [-0.2, -0.15) is 5.06 Å². The Kier molecular flexibility index (Phi) is 5.34. The van der Waals surface area contributed by atoms with Gasteiger partial charge in [0.25, 0.3) is 0 Å². The van der Waals surface area contributed by atoms with E-state index in [4.69, 9.17) is 14.5 Å². The Morgan fingerprint density at radius 2 is 1.97 bits per heavy atom. The van der Waals surface area contributed by atoms with Crippen LogP contribution in [-0.4, -0.2) is 67.6 Å². The van der Waals surface area contributed by atoms with Gasteiger partial charge in [-0.3, -0.25) is 4.98 Å². The number of piperidine rings is 2. The number of hydroxylamine groups is 2. The van der Waals surface area contributed by atoms with Crippen molar-refractivity contribution >= 4 is 6.09 Å². The molecule has 1 unspecified atom stereocenters. The Hall–Kier alpha value is -2.65. The van der Waals surface area contributed by atoms with Gasteiger partial charge in [0, 0.05) is 57.2 Å². The first-order valence-electron chi connectivity index (χ1n) is 12.9. The van der Waals surface area contributed by atoms with Gasteiger partial charge in [0.05, 0.1) is 12.3 Å². The van der Waals surface area contributed by atoms with Crippen molar-refractivity contribution < 1.29 is 19.5 Å². The number of fused-ring (bicyclic) bond motifs is 4. The summed E-state index contributed by atoms with van der Waals surface area (Å²) < 4.78 is 14.5. The Morgan fingerprint density at radius 3 is 2.69 bits per heavy atom. The number of rotatable bonds is 3. The molecule has 9 nitrogen and oxygen atoms in total. The zero-order valence-electron chi connectivity index (χ0n) is 20.9. The van der Waals surface area contributed by atoms with Gasteiger partial charge in [0.15, 0.2) is 5.60 Å². The molecule has 3 aliphatic heterocycles. The van der Waals surface area contributed by atoms with E-state index in [-0.39, 0.29) is 17.6 Å². The number of carbonyl (C=O) groups excluding carboxylic acids is 1. The van der Waals surface area contributed by atoms with E-state index in [0.717, 1.165) is 54.3 Å². The van der Waals surface area contributed by atoms with Crippen molar-refractivity contribution in [3.05, 3.63) is 29.8 Å². The molecule has 3 fully saturated rings. The van der Waals surface area contributed by atoms with Crippen LogP contribution in [0.1, 0.15) is 69.8 Å². The van der Waals surface area contributed by atoms with Gasteiger partial charge in [-0.25, -0.2) is 9.78 Å². The van der Waals surface area contributed by atoms with Crippen LogP contribution in [0.5, 0.6) is 5.75 Å². The van der Waals surface area contributed by atoms with Crippen LogP contribution in [0.25, 0.3) is 11.4 Å². The molecule has 188 valence electrons. The summed E-state index contributed by atoms with van der Waals surface area (Å²) in [6, 6.07) is 3.86. The number of likely N-dealkylation sites (tertiary alicyclic amines) is 1. The molecule has 0 bridgehead atoms. The minimum atomic E-state index is -0.564. The predicted molar refractivity (Wildman–Crippen MR) is 128 cm³/mol. The number of hydrogen-bond acceptors (Lipinski definition) is 7. The van der Waals surface area contributed by atoms with E-state index in [0.29, 0.717) is 45.0 Å². The van der Waals surface area contributed by atoms with Crippen LogP contribution >= 0.6 is 0 Å². The van der Waals surface area contributed by atoms with E-state index in [1.54, 1.807) is 6.20 Å². The number of pyridine rings is 1. The molecular formula is C26H35N5O4. The molecule has 2 aromatic rings. The zero-order chi connectivity index (χ0) is 24.4. The molecule has 2 saturated heterocycles. The van der Waals surface area contributed by atoms with Crippen LogP contribution in [0.4, 0.5) is 4.79 Å². The summed E-state index contributed by atoms with van der Waals surface area (Å²) in [6.07, 6.45) is 6.90. The Morgan fingerprint density at radius 1 is 1.20 bits per heavy atom. The summed E-state index contributed by atoms with van der Waals surface area (Å²) in [5.74, 6) is 2.55. The molecule has 0 radical (unpaired) electrons. The lowest BCUT2D eigenvalue weighted by Crippen LogP contribution is -2.50. The minimum absolute atomic E-state index is 0.214. The number of carbonyl (C=O) groups is 1. The Balaban J connectivity index is 1.32. The van der Waals surface area contributed by atoms with E-state index >= 15 is 0 Å². The first kappa shape index (κ1) is 22.8. The van der Waals surface area contributed by atoms with Crippen molar-refractivity contribution in [2.45, 2.75) is 69.4 Å². The standard InChI is InChI=1S/C26H35N5O4/c1-25(2)15-18(8-12-31(25)33)23-28-21-20-19(5-4-11-27-20)35-26(22(21)29(23)3)9-13-30(14-10-26)24(32)34-16-17-6-7-17/h4-5,11,17-18,33H,6-10,12-16H2,1-3H3. The summed E-state index contributed by atoms with van der Waals surface area (Å²) in [6.45, 7) is 6.45. The van der Waals surface area contributed by atoms with Crippen molar-refractivity contribution in [2.24, 2.45) is 13.0 Å². The fourth-order valence-corrected chi connectivity index (χ4v) is 6.04. The van der Waals surface area contributed by atoms with Gasteiger partial charge in [0.2, 0.25) is 0 Å². The average Bonchev–Trinajstić information content (AvgIpc) is 3.60. The maximum atomic E-state index is 12.6. The largest absolute Gasteiger partial charge is 0.478 e. The summed E-state index contributed by atoms with van der Waals surface area (Å²) in [5, 5.41) is 11.8. The zero-order valence-corrected chi connectivity index (χ0v) is 20.9. The lowest BCUT2D eigenvalue weighted by atomic mass is 9.83. The summed E-state index contributed by atoms with van der Waals surface area (Å²) in [5.41, 5.74) is 1.84. The lowest BCUT2D eigenvalue weighted by molar-refractivity contribution is -0.181. The normalized spacial score (nSPS) is 25.0. The van der Waals surface area contributed by atoms with Gasteiger partial charge in [-0.05, 0) is 57.6 Å². The molecule has 1 atom stereocenters. The average molecular weight is 482 g/mol. The van der Waals surface area contributed by atoms with Gasteiger partial charge in [-0.1, -0.05) is 0 Å². The third kappa shape index (κ3) is 3.89. The monoisotopic (exact) mass is 481 g/mol. The first-order chi connectivity index (χ1) is 16.8.